The molecule has 15 heavy (non-hydrogen) atoms. The number of hydrogen-bond acceptors (Lipinski definition) is 4. The lowest BCUT2D eigenvalue weighted by Gasteiger charge is -2.02. The van der Waals surface area contributed by atoms with Crippen LogP contribution in [-0.4, -0.2) is 28.1 Å². The van der Waals surface area contributed by atoms with Crippen molar-refractivity contribution in [2.24, 2.45) is 7.05 Å². The number of unbranched alkanes of at least 4 members (excludes halogenated alkanes) is 1. The highest BCUT2D eigenvalue weighted by atomic mass is 32.2. The SMILES string of the molecule is CCCCOC(=O)CSc1cnn(C)c1. The number of ether oxygens (including phenoxy) is 1. The number of aryl methyl sites for hydroxylation is 1. The largest absolute Gasteiger partial charge is 0.465 e. The highest BCUT2D eigenvalue weighted by Crippen LogP contribution is 2.16. The molecule has 0 saturated heterocycles. The van der Waals surface area contributed by atoms with Crippen LogP contribution in [0.25, 0.3) is 0 Å². The van der Waals surface area contributed by atoms with Crippen molar-refractivity contribution in [3.8, 4) is 0 Å². The molecule has 0 aromatic carbocycles. The minimum atomic E-state index is -0.155. The number of nitrogens with zero attached hydrogens (tertiary/aromatic N) is 2. The van der Waals surface area contributed by atoms with E-state index in [-0.39, 0.29) is 5.97 Å². The van der Waals surface area contributed by atoms with Crippen LogP contribution in [0.2, 0.25) is 0 Å². The topological polar surface area (TPSA) is 44.1 Å². The Bertz CT molecular complexity index is 312. The number of thioether (sulfide) groups is 1. The van der Waals surface area contributed by atoms with Gasteiger partial charge in [-0.05, 0) is 6.42 Å². The molecule has 0 bridgehead atoms. The summed E-state index contributed by atoms with van der Waals surface area (Å²) in [6.07, 6.45) is 5.60. The van der Waals surface area contributed by atoms with Crippen molar-refractivity contribution in [1.82, 2.24) is 9.78 Å². The predicted octanol–water partition coefficient (Wildman–Crippen LogP) is 1.86. The summed E-state index contributed by atoms with van der Waals surface area (Å²) in [7, 11) is 1.85. The third kappa shape index (κ3) is 4.88. The van der Waals surface area contributed by atoms with Gasteiger partial charge in [0.2, 0.25) is 0 Å². The summed E-state index contributed by atoms with van der Waals surface area (Å²) in [6, 6.07) is 0. The second-order valence-electron chi connectivity index (χ2n) is 3.21. The van der Waals surface area contributed by atoms with Gasteiger partial charge in [-0.3, -0.25) is 9.48 Å². The van der Waals surface area contributed by atoms with Gasteiger partial charge in [0.15, 0.2) is 0 Å². The molecule has 4 nitrogen and oxygen atoms in total. The van der Waals surface area contributed by atoms with Crippen LogP contribution in [0.4, 0.5) is 0 Å². The zero-order valence-corrected chi connectivity index (χ0v) is 9.92. The van der Waals surface area contributed by atoms with E-state index in [0.717, 1.165) is 17.7 Å². The monoisotopic (exact) mass is 228 g/mol. The van der Waals surface area contributed by atoms with Gasteiger partial charge in [0, 0.05) is 18.1 Å². The third-order valence-corrected chi connectivity index (χ3v) is 2.72. The van der Waals surface area contributed by atoms with E-state index in [1.165, 1.54) is 11.8 Å². The van der Waals surface area contributed by atoms with E-state index in [2.05, 4.69) is 12.0 Å². The first-order valence-corrected chi connectivity index (χ1v) is 5.98. The van der Waals surface area contributed by atoms with Crippen molar-refractivity contribution >= 4 is 17.7 Å². The molecule has 0 aliphatic carbocycles. The first kappa shape index (κ1) is 12.1. The van der Waals surface area contributed by atoms with Crippen molar-refractivity contribution in [3.63, 3.8) is 0 Å². The Morgan fingerprint density at radius 3 is 3.07 bits per heavy atom. The van der Waals surface area contributed by atoms with Crippen LogP contribution in [0.3, 0.4) is 0 Å². The summed E-state index contributed by atoms with van der Waals surface area (Å²) in [5.41, 5.74) is 0. The van der Waals surface area contributed by atoms with Crippen LogP contribution in [0, 0.1) is 0 Å². The van der Waals surface area contributed by atoms with Gasteiger partial charge in [0.25, 0.3) is 0 Å². The Morgan fingerprint density at radius 2 is 2.47 bits per heavy atom. The summed E-state index contributed by atoms with van der Waals surface area (Å²) in [5.74, 6) is 0.201. The maximum Gasteiger partial charge on any atom is 0.316 e. The minimum absolute atomic E-state index is 0.155. The van der Waals surface area contributed by atoms with Crippen LogP contribution in [0.5, 0.6) is 0 Å². The Balaban J connectivity index is 2.16. The number of aromatic nitrogens is 2. The average molecular weight is 228 g/mol. The molecule has 1 aromatic rings. The fraction of sp³-hybridized carbons (Fsp3) is 0.600. The van der Waals surface area contributed by atoms with Gasteiger partial charge in [-0.25, -0.2) is 0 Å². The summed E-state index contributed by atoms with van der Waals surface area (Å²) in [5, 5.41) is 4.01. The summed E-state index contributed by atoms with van der Waals surface area (Å²) >= 11 is 1.45. The quantitative estimate of drug-likeness (QED) is 0.423. The van der Waals surface area contributed by atoms with Gasteiger partial charge in [-0.2, -0.15) is 5.10 Å². The molecule has 1 aromatic heterocycles. The molecule has 0 aliphatic rings. The molecule has 0 aliphatic heterocycles. The molecule has 0 fully saturated rings. The fourth-order valence-corrected chi connectivity index (χ4v) is 1.70. The molecular weight excluding hydrogens is 212 g/mol. The Hall–Kier alpha value is -0.970. The zero-order valence-electron chi connectivity index (χ0n) is 9.10. The molecule has 0 unspecified atom stereocenters. The molecular formula is C10H16N2O2S. The molecule has 0 spiro atoms. The Morgan fingerprint density at radius 1 is 1.67 bits per heavy atom. The molecule has 1 rings (SSSR count). The maximum atomic E-state index is 11.2. The highest BCUT2D eigenvalue weighted by molar-refractivity contribution is 8.00. The van der Waals surface area contributed by atoms with Crippen molar-refractivity contribution in [1.29, 1.82) is 0 Å². The average Bonchev–Trinajstić information content (AvgIpc) is 2.62. The summed E-state index contributed by atoms with van der Waals surface area (Å²) < 4.78 is 6.74. The molecule has 5 heteroatoms. The number of carbonyl (C=O) groups excluding carboxylic acids is 1. The third-order valence-electron chi connectivity index (χ3n) is 1.80. The van der Waals surface area contributed by atoms with Crippen LogP contribution >= 0.6 is 11.8 Å². The molecule has 1 heterocycles. The number of rotatable bonds is 6. The van der Waals surface area contributed by atoms with Gasteiger partial charge in [-0.1, -0.05) is 13.3 Å². The van der Waals surface area contributed by atoms with Gasteiger partial charge in [0.1, 0.15) is 0 Å². The lowest BCUT2D eigenvalue weighted by Crippen LogP contribution is -2.07. The Kier molecular flexibility index (Phi) is 5.25. The van der Waals surface area contributed by atoms with Crippen LogP contribution in [0.15, 0.2) is 17.3 Å². The molecule has 0 radical (unpaired) electrons. The Labute approximate surface area is 94.0 Å². The molecule has 0 saturated carbocycles. The van der Waals surface area contributed by atoms with E-state index in [0.29, 0.717) is 12.4 Å². The first-order valence-electron chi connectivity index (χ1n) is 4.99. The van der Waals surface area contributed by atoms with Gasteiger partial charge in [-0.15, -0.1) is 11.8 Å². The highest BCUT2D eigenvalue weighted by Gasteiger charge is 2.04. The second kappa shape index (κ2) is 6.50. The smallest absolute Gasteiger partial charge is 0.316 e. The maximum absolute atomic E-state index is 11.2. The van der Waals surface area contributed by atoms with Crippen molar-refractivity contribution in [3.05, 3.63) is 12.4 Å². The summed E-state index contributed by atoms with van der Waals surface area (Å²) in [4.78, 5) is 12.2. The van der Waals surface area contributed by atoms with E-state index in [4.69, 9.17) is 4.74 Å². The van der Waals surface area contributed by atoms with Crippen LogP contribution in [-0.2, 0) is 16.6 Å². The van der Waals surface area contributed by atoms with Gasteiger partial charge < -0.3 is 4.74 Å². The van der Waals surface area contributed by atoms with Crippen molar-refractivity contribution < 1.29 is 9.53 Å². The number of carbonyl (C=O) groups is 1. The second-order valence-corrected chi connectivity index (χ2v) is 4.26. The number of esters is 1. The normalized spacial score (nSPS) is 10.3. The van der Waals surface area contributed by atoms with E-state index in [9.17, 15) is 4.79 Å². The van der Waals surface area contributed by atoms with E-state index < -0.39 is 0 Å². The fourth-order valence-electron chi connectivity index (χ4n) is 0.988. The number of hydrogen-bond donors (Lipinski definition) is 0. The predicted molar refractivity (Wildman–Crippen MR) is 59.8 cm³/mol. The van der Waals surface area contributed by atoms with E-state index in [1.807, 2.05) is 13.2 Å². The van der Waals surface area contributed by atoms with E-state index >= 15 is 0 Å². The van der Waals surface area contributed by atoms with Crippen molar-refractivity contribution in [2.45, 2.75) is 24.7 Å². The standard InChI is InChI=1S/C10H16N2O2S/c1-3-4-5-14-10(13)8-15-9-6-11-12(2)7-9/h6-7H,3-5,8H2,1-2H3. The molecule has 0 atom stereocenters. The minimum Gasteiger partial charge on any atom is -0.465 e. The van der Waals surface area contributed by atoms with Crippen LogP contribution < -0.4 is 0 Å². The summed E-state index contributed by atoms with van der Waals surface area (Å²) in [6.45, 7) is 2.60. The lowest BCUT2D eigenvalue weighted by molar-refractivity contribution is -0.140. The zero-order chi connectivity index (χ0) is 11.1. The van der Waals surface area contributed by atoms with E-state index in [1.54, 1.807) is 10.9 Å². The van der Waals surface area contributed by atoms with Gasteiger partial charge >= 0.3 is 5.97 Å². The molecule has 0 amide bonds. The molecule has 0 N–H and O–H groups in total. The first-order chi connectivity index (χ1) is 7.22. The molecule has 84 valence electrons. The van der Waals surface area contributed by atoms with Gasteiger partial charge in [0.05, 0.1) is 18.6 Å². The lowest BCUT2D eigenvalue weighted by atomic mass is 10.4. The van der Waals surface area contributed by atoms with Crippen molar-refractivity contribution in [2.75, 3.05) is 12.4 Å². The van der Waals surface area contributed by atoms with Crippen LogP contribution in [0.1, 0.15) is 19.8 Å².